The van der Waals surface area contributed by atoms with E-state index in [1.807, 2.05) is 0 Å². The SMILES string of the molecule is CCc1ccc(CC(N)c2nc3ccccc3n2C2CCN(C)CC2)cc1CC. The molecule has 0 spiro atoms. The van der Waals surface area contributed by atoms with Gasteiger partial charge in [-0.15, -0.1) is 0 Å². The Hall–Kier alpha value is -2.17. The van der Waals surface area contributed by atoms with Gasteiger partial charge in [-0.1, -0.05) is 44.2 Å². The summed E-state index contributed by atoms with van der Waals surface area (Å²) in [7, 11) is 2.21. The fourth-order valence-electron chi connectivity index (χ4n) is 4.79. The molecule has 4 nitrogen and oxygen atoms in total. The Labute approximate surface area is 174 Å². The van der Waals surface area contributed by atoms with Crippen molar-refractivity contribution in [2.75, 3.05) is 20.1 Å². The third-order valence-electron chi connectivity index (χ3n) is 6.50. The van der Waals surface area contributed by atoms with Crippen LogP contribution in [-0.2, 0) is 19.3 Å². The molecule has 1 aliphatic heterocycles. The predicted molar refractivity (Wildman–Crippen MR) is 121 cm³/mol. The Morgan fingerprint density at radius 2 is 1.76 bits per heavy atom. The van der Waals surface area contributed by atoms with E-state index in [9.17, 15) is 0 Å². The molecule has 1 unspecified atom stereocenters. The van der Waals surface area contributed by atoms with E-state index in [0.29, 0.717) is 6.04 Å². The molecule has 1 saturated heterocycles. The van der Waals surface area contributed by atoms with Gasteiger partial charge in [0, 0.05) is 6.04 Å². The average Bonchev–Trinajstić information content (AvgIpc) is 3.14. The highest BCUT2D eigenvalue weighted by Gasteiger charge is 2.25. The number of aromatic nitrogens is 2. The van der Waals surface area contributed by atoms with Crippen LogP contribution < -0.4 is 5.73 Å². The summed E-state index contributed by atoms with van der Waals surface area (Å²) >= 11 is 0. The molecule has 3 aromatic rings. The van der Waals surface area contributed by atoms with Crippen molar-refractivity contribution >= 4 is 11.0 Å². The summed E-state index contributed by atoms with van der Waals surface area (Å²) in [5, 5.41) is 0. The van der Waals surface area contributed by atoms with Crippen LogP contribution in [0.4, 0.5) is 0 Å². The van der Waals surface area contributed by atoms with Gasteiger partial charge in [0.2, 0.25) is 0 Å². The van der Waals surface area contributed by atoms with Gasteiger partial charge in [-0.2, -0.15) is 0 Å². The van der Waals surface area contributed by atoms with Gasteiger partial charge in [-0.25, -0.2) is 4.98 Å². The number of imidazole rings is 1. The smallest absolute Gasteiger partial charge is 0.127 e. The van der Waals surface area contributed by atoms with Crippen LogP contribution in [0, 0.1) is 0 Å². The molecule has 2 heterocycles. The molecule has 0 bridgehead atoms. The van der Waals surface area contributed by atoms with Crippen molar-refractivity contribution in [2.45, 2.75) is 58.0 Å². The average molecular weight is 391 g/mol. The zero-order chi connectivity index (χ0) is 20.4. The van der Waals surface area contributed by atoms with Crippen LogP contribution in [0.1, 0.15) is 61.3 Å². The first-order chi connectivity index (χ1) is 14.1. The monoisotopic (exact) mass is 390 g/mol. The molecule has 2 aromatic carbocycles. The zero-order valence-electron chi connectivity index (χ0n) is 18.1. The summed E-state index contributed by atoms with van der Waals surface area (Å²) in [6.07, 6.45) is 5.29. The van der Waals surface area contributed by atoms with Gasteiger partial charge in [0.05, 0.1) is 17.1 Å². The van der Waals surface area contributed by atoms with Gasteiger partial charge in [0.1, 0.15) is 5.82 Å². The molecule has 0 aliphatic carbocycles. The fourth-order valence-corrected chi connectivity index (χ4v) is 4.79. The molecule has 4 rings (SSSR count). The van der Waals surface area contributed by atoms with Crippen LogP contribution in [0.15, 0.2) is 42.5 Å². The minimum absolute atomic E-state index is 0.0979. The maximum absolute atomic E-state index is 6.79. The second kappa shape index (κ2) is 8.68. The Balaban J connectivity index is 1.67. The minimum atomic E-state index is -0.0979. The van der Waals surface area contributed by atoms with E-state index in [4.69, 9.17) is 10.7 Å². The first-order valence-corrected chi connectivity index (χ1v) is 11.1. The van der Waals surface area contributed by atoms with E-state index in [2.05, 4.69) is 72.8 Å². The molecule has 29 heavy (non-hydrogen) atoms. The van der Waals surface area contributed by atoms with Crippen molar-refractivity contribution in [3.05, 3.63) is 65.0 Å². The van der Waals surface area contributed by atoms with E-state index in [1.54, 1.807) is 0 Å². The summed E-state index contributed by atoms with van der Waals surface area (Å²) < 4.78 is 2.45. The first kappa shape index (κ1) is 20.1. The van der Waals surface area contributed by atoms with E-state index < -0.39 is 0 Å². The highest BCUT2D eigenvalue weighted by Crippen LogP contribution is 2.31. The summed E-state index contributed by atoms with van der Waals surface area (Å²) in [6.45, 7) is 6.72. The van der Waals surface area contributed by atoms with Crippen LogP contribution in [0.5, 0.6) is 0 Å². The molecule has 154 valence electrons. The van der Waals surface area contributed by atoms with Gasteiger partial charge in [0.15, 0.2) is 0 Å². The van der Waals surface area contributed by atoms with Crippen molar-refractivity contribution in [3.63, 3.8) is 0 Å². The van der Waals surface area contributed by atoms with Crippen LogP contribution in [0.25, 0.3) is 11.0 Å². The second-order valence-corrected chi connectivity index (χ2v) is 8.48. The Bertz CT molecular complexity index is 966. The molecule has 4 heteroatoms. The van der Waals surface area contributed by atoms with Gasteiger partial charge >= 0.3 is 0 Å². The summed E-state index contributed by atoms with van der Waals surface area (Å²) in [6, 6.07) is 15.8. The van der Waals surface area contributed by atoms with Crippen LogP contribution in [0.2, 0.25) is 0 Å². The number of nitrogens with two attached hydrogens (primary N) is 1. The number of nitrogens with zero attached hydrogens (tertiary/aromatic N) is 3. The normalized spacial score (nSPS) is 17.1. The third kappa shape index (κ3) is 4.10. The number of benzene rings is 2. The maximum Gasteiger partial charge on any atom is 0.127 e. The van der Waals surface area contributed by atoms with E-state index in [1.165, 1.54) is 22.2 Å². The Kier molecular flexibility index (Phi) is 6.02. The minimum Gasteiger partial charge on any atom is -0.323 e. The standard InChI is InChI=1S/C25H34N4/c1-4-19-11-10-18(16-20(19)5-2)17-22(26)25-27-23-8-6-7-9-24(23)29(25)21-12-14-28(3)15-13-21/h6-11,16,21-22H,4-5,12-15,17,26H2,1-3H3. The number of hydrogen-bond donors (Lipinski definition) is 1. The third-order valence-corrected chi connectivity index (χ3v) is 6.50. The molecule has 2 N–H and O–H groups in total. The van der Waals surface area contributed by atoms with Crippen molar-refractivity contribution in [2.24, 2.45) is 5.73 Å². The van der Waals surface area contributed by atoms with Gasteiger partial charge < -0.3 is 15.2 Å². The molecule has 1 aromatic heterocycles. The maximum atomic E-state index is 6.79. The highest BCUT2D eigenvalue weighted by atomic mass is 15.2. The largest absolute Gasteiger partial charge is 0.323 e. The van der Waals surface area contributed by atoms with Gasteiger partial charge in [-0.05, 0) is 81.1 Å². The van der Waals surface area contributed by atoms with Crippen molar-refractivity contribution in [1.29, 1.82) is 0 Å². The van der Waals surface area contributed by atoms with Crippen molar-refractivity contribution < 1.29 is 0 Å². The number of likely N-dealkylation sites (tertiary alicyclic amines) is 1. The lowest BCUT2D eigenvalue weighted by Gasteiger charge is -2.32. The summed E-state index contributed by atoms with van der Waals surface area (Å²) in [5.74, 6) is 1.04. The molecule has 0 radical (unpaired) electrons. The first-order valence-electron chi connectivity index (χ1n) is 11.1. The van der Waals surface area contributed by atoms with Crippen LogP contribution >= 0.6 is 0 Å². The quantitative estimate of drug-likeness (QED) is 0.665. The number of hydrogen-bond acceptors (Lipinski definition) is 3. The molecule has 1 fully saturated rings. The fraction of sp³-hybridized carbons (Fsp3) is 0.480. The lowest BCUT2D eigenvalue weighted by Crippen LogP contribution is -2.33. The topological polar surface area (TPSA) is 47.1 Å². The molecule has 0 saturated carbocycles. The number of aryl methyl sites for hydroxylation is 2. The summed E-state index contributed by atoms with van der Waals surface area (Å²) in [5.41, 5.74) is 13.3. The van der Waals surface area contributed by atoms with E-state index in [-0.39, 0.29) is 6.04 Å². The second-order valence-electron chi connectivity index (χ2n) is 8.48. The number of fused-ring (bicyclic) bond motifs is 1. The van der Waals surface area contributed by atoms with Gasteiger partial charge in [-0.3, -0.25) is 0 Å². The molecule has 1 atom stereocenters. The molecule has 0 amide bonds. The van der Waals surface area contributed by atoms with E-state index >= 15 is 0 Å². The number of piperidine rings is 1. The number of para-hydroxylation sites is 2. The molecule has 1 aliphatic rings. The van der Waals surface area contributed by atoms with Crippen LogP contribution in [-0.4, -0.2) is 34.6 Å². The Morgan fingerprint density at radius 3 is 2.48 bits per heavy atom. The van der Waals surface area contributed by atoms with E-state index in [0.717, 1.165) is 56.5 Å². The van der Waals surface area contributed by atoms with Crippen molar-refractivity contribution in [3.8, 4) is 0 Å². The van der Waals surface area contributed by atoms with Crippen LogP contribution in [0.3, 0.4) is 0 Å². The summed E-state index contributed by atoms with van der Waals surface area (Å²) in [4.78, 5) is 7.42. The lowest BCUT2D eigenvalue weighted by atomic mass is 9.96. The molecular weight excluding hydrogens is 356 g/mol. The molecular formula is C25H34N4. The zero-order valence-corrected chi connectivity index (χ0v) is 18.1. The van der Waals surface area contributed by atoms with Gasteiger partial charge in [0.25, 0.3) is 0 Å². The Morgan fingerprint density at radius 1 is 1.03 bits per heavy atom. The number of rotatable bonds is 6. The lowest BCUT2D eigenvalue weighted by molar-refractivity contribution is 0.220. The van der Waals surface area contributed by atoms with Crippen molar-refractivity contribution in [1.82, 2.24) is 14.5 Å². The highest BCUT2D eigenvalue weighted by molar-refractivity contribution is 5.76. The predicted octanol–water partition coefficient (Wildman–Crippen LogP) is 4.67.